The molecule has 0 unspecified atom stereocenters. The minimum Gasteiger partial charge on any atom is -0.282 e. The van der Waals surface area contributed by atoms with Gasteiger partial charge in [0.1, 0.15) is 4.90 Å². The molecular formula is C6H5ClO6S2. The molecule has 0 amide bonds. The normalized spacial score (nSPS) is 12.7. The maximum atomic E-state index is 10.7. The molecule has 0 saturated carbocycles. The number of hydrogen-bond donors (Lipinski definition) is 2. The first kappa shape index (κ1) is 12.4. The molecule has 1 aromatic carbocycles. The molecule has 6 nitrogen and oxygen atoms in total. The zero-order valence-electron chi connectivity index (χ0n) is 6.95. The molecule has 0 saturated heterocycles. The minimum absolute atomic E-state index is 0.343. The second kappa shape index (κ2) is 3.72. The Bertz CT molecular complexity index is 588. The average molecular weight is 273 g/mol. The van der Waals surface area contributed by atoms with Crippen LogP contribution in [-0.2, 0) is 20.2 Å². The summed E-state index contributed by atoms with van der Waals surface area (Å²) in [5.74, 6) is 0. The van der Waals surface area contributed by atoms with E-state index in [4.69, 9.17) is 20.7 Å². The van der Waals surface area contributed by atoms with Crippen LogP contribution in [0.4, 0.5) is 0 Å². The van der Waals surface area contributed by atoms with Crippen molar-refractivity contribution < 1.29 is 25.9 Å². The van der Waals surface area contributed by atoms with Crippen LogP contribution in [-0.4, -0.2) is 25.9 Å². The molecule has 0 radical (unpaired) electrons. The summed E-state index contributed by atoms with van der Waals surface area (Å²) in [5, 5.41) is -0.343. The predicted octanol–water partition coefficient (Wildman–Crippen LogP) is 0.833. The Labute approximate surface area is 91.0 Å². The zero-order valence-corrected chi connectivity index (χ0v) is 9.34. The van der Waals surface area contributed by atoms with Gasteiger partial charge in [-0.15, -0.1) is 0 Å². The highest BCUT2D eigenvalue weighted by Crippen LogP contribution is 2.24. The van der Waals surface area contributed by atoms with Gasteiger partial charge in [0, 0.05) is 0 Å². The first-order valence-electron chi connectivity index (χ1n) is 3.37. The van der Waals surface area contributed by atoms with Crippen LogP contribution in [0.1, 0.15) is 0 Å². The quantitative estimate of drug-likeness (QED) is 0.772. The predicted molar refractivity (Wildman–Crippen MR) is 51.1 cm³/mol. The van der Waals surface area contributed by atoms with Crippen LogP contribution in [0, 0.1) is 0 Å². The molecule has 1 aromatic rings. The van der Waals surface area contributed by atoms with Crippen molar-refractivity contribution in [1.29, 1.82) is 0 Å². The van der Waals surface area contributed by atoms with Crippen molar-refractivity contribution in [3.8, 4) is 0 Å². The molecule has 0 heterocycles. The van der Waals surface area contributed by atoms with Gasteiger partial charge in [0.2, 0.25) is 0 Å². The van der Waals surface area contributed by atoms with Crippen LogP contribution in [0.2, 0.25) is 5.02 Å². The molecule has 0 aliphatic rings. The standard InChI is InChI=1S/C6H5ClO6S2/c7-5-2-1-4(14(8,9)10)3-6(5)15(11,12)13/h1-3H,(H,8,9,10)(H,11,12,13). The van der Waals surface area contributed by atoms with Gasteiger partial charge in [0.05, 0.1) is 9.92 Å². The number of benzene rings is 1. The summed E-state index contributed by atoms with van der Waals surface area (Å²) in [6.45, 7) is 0. The van der Waals surface area contributed by atoms with Crippen molar-refractivity contribution in [3.05, 3.63) is 23.2 Å². The van der Waals surface area contributed by atoms with Gasteiger partial charge in [-0.1, -0.05) is 11.6 Å². The van der Waals surface area contributed by atoms with Crippen molar-refractivity contribution in [2.24, 2.45) is 0 Å². The topological polar surface area (TPSA) is 109 Å². The summed E-state index contributed by atoms with van der Waals surface area (Å²) >= 11 is 5.42. The van der Waals surface area contributed by atoms with Gasteiger partial charge in [-0.05, 0) is 18.2 Å². The maximum absolute atomic E-state index is 10.7. The van der Waals surface area contributed by atoms with Crippen LogP contribution >= 0.6 is 11.6 Å². The SMILES string of the molecule is O=S(=O)(O)c1ccc(Cl)c(S(=O)(=O)O)c1. The Hall–Kier alpha value is -0.670. The molecule has 9 heteroatoms. The van der Waals surface area contributed by atoms with E-state index in [1.165, 1.54) is 0 Å². The molecule has 0 aromatic heterocycles. The van der Waals surface area contributed by atoms with Crippen LogP contribution < -0.4 is 0 Å². The Balaban J connectivity index is 3.57. The molecule has 0 aliphatic heterocycles. The summed E-state index contributed by atoms with van der Waals surface area (Å²) in [6, 6.07) is 2.41. The largest absolute Gasteiger partial charge is 0.296 e. The van der Waals surface area contributed by atoms with E-state index >= 15 is 0 Å². The lowest BCUT2D eigenvalue weighted by Gasteiger charge is -2.02. The van der Waals surface area contributed by atoms with E-state index in [1.807, 2.05) is 0 Å². The molecule has 2 N–H and O–H groups in total. The van der Waals surface area contributed by atoms with Crippen molar-refractivity contribution in [2.75, 3.05) is 0 Å². The van der Waals surface area contributed by atoms with Crippen LogP contribution in [0.15, 0.2) is 28.0 Å². The highest BCUT2D eigenvalue weighted by atomic mass is 35.5. The zero-order chi connectivity index (χ0) is 11.9. The molecule has 15 heavy (non-hydrogen) atoms. The monoisotopic (exact) mass is 272 g/mol. The van der Waals surface area contributed by atoms with Gasteiger partial charge in [-0.25, -0.2) is 0 Å². The summed E-state index contributed by atoms with van der Waals surface area (Å²) in [4.78, 5) is -1.45. The van der Waals surface area contributed by atoms with Crippen LogP contribution in [0.5, 0.6) is 0 Å². The van der Waals surface area contributed by atoms with Gasteiger partial charge in [0.25, 0.3) is 20.2 Å². The highest BCUT2D eigenvalue weighted by molar-refractivity contribution is 7.86. The van der Waals surface area contributed by atoms with E-state index in [0.717, 1.165) is 12.1 Å². The number of halogens is 1. The lowest BCUT2D eigenvalue weighted by molar-refractivity contribution is 0.481. The summed E-state index contributed by atoms with van der Waals surface area (Å²) in [6.07, 6.45) is 0. The fraction of sp³-hybridized carbons (Fsp3) is 0. The number of hydrogen-bond acceptors (Lipinski definition) is 4. The van der Waals surface area contributed by atoms with Crippen LogP contribution in [0.25, 0.3) is 0 Å². The molecule has 0 fully saturated rings. The Morgan fingerprint density at radius 2 is 1.53 bits per heavy atom. The summed E-state index contributed by atoms with van der Waals surface area (Å²) < 4.78 is 60.1. The summed E-state index contributed by atoms with van der Waals surface area (Å²) in [5.41, 5.74) is 0. The van der Waals surface area contributed by atoms with E-state index in [-0.39, 0.29) is 5.02 Å². The van der Waals surface area contributed by atoms with Crippen LogP contribution in [0.3, 0.4) is 0 Å². The van der Waals surface area contributed by atoms with Gasteiger partial charge < -0.3 is 0 Å². The van der Waals surface area contributed by atoms with Gasteiger partial charge >= 0.3 is 0 Å². The number of rotatable bonds is 2. The second-order valence-electron chi connectivity index (χ2n) is 2.54. The average Bonchev–Trinajstić information content (AvgIpc) is 2.00. The highest BCUT2D eigenvalue weighted by Gasteiger charge is 2.19. The fourth-order valence-corrected chi connectivity index (χ4v) is 2.42. The first-order chi connectivity index (χ1) is 6.62. The molecular weight excluding hydrogens is 268 g/mol. The lowest BCUT2D eigenvalue weighted by Crippen LogP contribution is -2.03. The summed E-state index contributed by atoms with van der Waals surface area (Å²) in [7, 11) is -9.16. The van der Waals surface area contributed by atoms with Crippen molar-refractivity contribution in [1.82, 2.24) is 0 Å². The van der Waals surface area contributed by atoms with Gasteiger partial charge in [-0.3, -0.25) is 9.11 Å². The third-order valence-electron chi connectivity index (χ3n) is 1.48. The first-order valence-corrected chi connectivity index (χ1v) is 6.63. The molecule has 0 atom stereocenters. The van der Waals surface area contributed by atoms with E-state index in [2.05, 4.69) is 0 Å². The molecule has 0 spiro atoms. The molecule has 0 aliphatic carbocycles. The fourth-order valence-electron chi connectivity index (χ4n) is 0.842. The minimum atomic E-state index is -4.62. The van der Waals surface area contributed by atoms with Crippen molar-refractivity contribution in [2.45, 2.75) is 9.79 Å². The van der Waals surface area contributed by atoms with E-state index < -0.39 is 30.0 Å². The maximum Gasteiger partial charge on any atom is 0.296 e. The Morgan fingerprint density at radius 1 is 1.00 bits per heavy atom. The third kappa shape index (κ3) is 2.89. The van der Waals surface area contributed by atoms with Gasteiger partial charge in [-0.2, -0.15) is 16.8 Å². The van der Waals surface area contributed by atoms with Crippen molar-refractivity contribution in [3.63, 3.8) is 0 Å². The van der Waals surface area contributed by atoms with E-state index in [9.17, 15) is 16.8 Å². The molecule has 0 bridgehead atoms. The van der Waals surface area contributed by atoms with Gasteiger partial charge in [0.15, 0.2) is 0 Å². The Morgan fingerprint density at radius 3 is 1.93 bits per heavy atom. The smallest absolute Gasteiger partial charge is 0.282 e. The molecule has 84 valence electrons. The lowest BCUT2D eigenvalue weighted by atomic mass is 10.4. The van der Waals surface area contributed by atoms with E-state index in [0.29, 0.717) is 6.07 Å². The Kier molecular flexibility index (Phi) is 3.08. The van der Waals surface area contributed by atoms with Crippen molar-refractivity contribution >= 4 is 31.8 Å². The second-order valence-corrected chi connectivity index (χ2v) is 5.76. The molecule has 1 rings (SSSR count). The van der Waals surface area contributed by atoms with E-state index in [1.54, 1.807) is 0 Å². The third-order valence-corrected chi connectivity index (χ3v) is 3.66.